The highest BCUT2D eigenvalue weighted by atomic mass is 32.2. The van der Waals surface area contributed by atoms with Crippen LogP contribution >= 0.6 is 11.8 Å². The number of fused-ring (bicyclic) bond motifs is 1. The Labute approximate surface area is 129 Å². The van der Waals surface area contributed by atoms with Crippen LogP contribution in [0.15, 0.2) is 47.4 Å². The summed E-state index contributed by atoms with van der Waals surface area (Å²) < 4.78 is 4.95. The van der Waals surface area contributed by atoms with E-state index in [0.717, 1.165) is 10.3 Å². The van der Waals surface area contributed by atoms with Crippen molar-refractivity contribution in [2.24, 2.45) is 0 Å². The number of carbonyl (C=O) groups excluding carboxylic acids is 1. The molecule has 4 heteroatoms. The monoisotopic (exact) mass is 304 g/mol. The van der Waals surface area contributed by atoms with E-state index in [4.69, 9.17) is 4.74 Å². The van der Waals surface area contributed by atoms with Gasteiger partial charge in [0.15, 0.2) is 5.60 Å². The first kappa shape index (κ1) is 15.9. The molecule has 112 valence electrons. The molecule has 2 aromatic carbocycles. The fraction of sp³-hybridized carbons (Fsp3) is 0.353. The van der Waals surface area contributed by atoms with Gasteiger partial charge in [-0.25, -0.2) is 4.79 Å². The Morgan fingerprint density at radius 1 is 1.19 bits per heavy atom. The van der Waals surface area contributed by atoms with Gasteiger partial charge < -0.3 is 9.84 Å². The third-order valence-electron chi connectivity index (χ3n) is 3.44. The molecule has 0 saturated carbocycles. The number of ether oxygens (including phenoxy) is 1. The highest BCUT2D eigenvalue weighted by molar-refractivity contribution is 7.99. The molecule has 2 rings (SSSR count). The van der Waals surface area contributed by atoms with Crippen molar-refractivity contribution in [1.82, 2.24) is 0 Å². The van der Waals surface area contributed by atoms with E-state index in [-0.39, 0.29) is 6.61 Å². The molecular formula is C17H20O3S. The van der Waals surface area contributed by atoms with Crippen molar-refractivity contribution in [3.8, 4) is 0 Å². The molecule has 1 atom stereocenters. The van der Waals surface area contributed by atoms with E-state index in [2.05, 4.69) is 18.2 Å². The van der Waals surface area contributed by atoms with Gasteiger partial charge in [-0.05, 0) is 36.2 Å². The molecule has 0 amide bonds. The van der Waals surface area contributed by atoms with Gasteiger partial charge in [-0.3, -0.25) is 0 Å². The van der Waals surface area contributed by atoms with Crippen molar-refractivity contribution in [3.63, 3.8) is 0 Å². The van der Waals surface area contributed by atoms with Gasteiger partial charge in [-0.2, -0.15) is 0 Å². The van der Waals surface area contributed by atoms with Crippen molar-refractivity contribution >= 4 is 28.5 Å². The van der Waals surface area contributed by atoms with Crippen LogP contribution in [0.4, 0.5) is 0 Å². The third kappa shape index (κ3) is 3.77. The van der Waals surface area contributed by atoms with E-state index in [0.29, 0.717) is 12.2 Å². The van der Waals surface area contributed by atoms with Crippen molar-refractivity contribution in [2.75, 3.05) is 12.4 Å². The maximum Gasteiger partial charge on any atom is 0.338 e. The molecule has 2 aromatic rings. The van der Waals surface area contributed by atoms with Gasteiger partial charge in [-0.15, -0.1) is 11.8 Å². The van der Waals surface area contributed by atoms with Crippen molar-refractivity contribution < 1.29 is 14.6 Å². The minimum absolute atomic E-state index is 0.280. The number of aliphatic hydroxyl groups is 1. The zero-order chi connectivity index (χ0) is 15.3. The first-order valence-corrected chi connectivity index (χ1v) is 8.09. The predicted molar refractivity (Wildman–Crippen MR) is 86.5 cm³/mol. The molecule has 3 nitrogen and oxygen atoms in total. The first-order chi connectivity index (χ1) is 10.1. The lowest BCUT2D eigenvalue weighted by molar-refractivity contribution is -0.162. The zero-order valence-corrected chi connectivity index (χ0v) is 13.2. The standard InChI is InChI=1S/C17H20O3S/c1-3-17(19,16(18)20-4-2)12-21-15-10-9-13-7-5-6-8-14(13)11-15/h5-11,19H,3-4,12H2,1-2H3/t17-/m1/s1. The second-order valence-corrected chi connectivity index (χ2v) is 5.95. The molecule has 21 heavy (non-hydrogen) atoms. The Balaban J connectivity index is 2.10. The van der Waals surface area contributed by atoms with E-state index >= 15 is 0 Å². The molecule has 1 N–H and O–H groups in total. The SMILES string of the molecule is CCOC(=O)[C@@](O)(CC)CSc1ccc2ccccc2c1. The molecule has 0 aliphatic carbocycles. The van der Waals surface area contributed by atoms with Crippen molar-refractivity contribution in [3.05, 3.63) is 42.5 Å². The zero-order valence-electron chi connectivity index (χ0n) is 12.3. The highest BCUT2D eigenvalue weighted by Gasteiger charge is 2.35. The van der Waals surface area contributed by atoms with E-state index in [9.17, 15) is 9.90 Å². The van der Waals surface area contributed by atoms with Gasteiger partial charge in [0.2, 0.25) is 0 Å². The van der Waals surface area contributed by atoms with Crippen LogP contribution in [0.1, 0.15) is 20.3 Å². The molecule has 0 aromatic heterocycles. The lowest BCUT2D eigenvalue weighted by atomic mass is 10.0. The van der Waals surface area contributed by atoms with Crippen molar-refractivity contribution in [2.45, 2.75) is 30.8 Å². The van der Waals surface area contributed by atoms with Gasteiger partial charge in [0, 0.05) is 10.6 Å². The Morgan fingerprint density at radius 2 is 1.90 bits per heavy atom. The molecule has 0 heterocycles. The van der Waals surface area contributed by atoms with E-state index in [1.165, 1.54) is 17.1 Å². The number of benzene rings is 2. The van der Waals surface area contributed by atoms with Gasteiger partial charge in [-0.1, -0.05) is 37.3 Å². The smallest absolute Gasteiger partial charge is 0.338 e. The molecule has 0 aliphatic rings. The van der Waals surface area contributed by atoms with Crippen LogP contribution in [-0.4, -0.2) is 29.0 Å². The topological polar surface area (TPSA) is 46.5 Å². The molecule has 0 aliphatic heterocycles. The summed E-state index contributed by atoms with van der Waals surface area (Å²) in [4.78, 5) is 12.9. The summed E-state index contributed by atoms with van der Waals surface area (Å²) in [6.45, 7) is 3.81. The summed E-state index contributed by atoms with van der Waals surface area (Å²) in [5.74, 6) is -0.249. The van der Waals surface area contributed by atoms with Crippen LogP contribution in [-0.2, 0) is 9.53 Å². The Kier molecular flexibility index (Phi) is 5.26. The molecule has 0 fully saturated rings. The Bertz CT molecular complexity index is 626. The summed E-state index contributed by atoms with van der Waals surface area (Å²) in [6.07, 6.45) is 0.340. The van der Waals surface area contributed by atoms with E-state index in [1.54, 1.807) is 13.8 Å². The van der Waals surface area contributed by atoms with Gasteiger partial charge >= 0.3 is 5.97 Å². The lowest BCUT2D eigenvalue weighted by Gasteiger charge is -2.23. The van der Waals surface area contributed by atoms with Crippen LogP contribution in [0.25, 0.3) is 10.8 Å². The third-order valence-corrected chi connectivity index (χ3v) is 4.65. The average Bonchev–Trinajstić information content (AvgIpc) is 2.52. The predicted octanol–water partition coefficient (Wildman–Crippen LogP) is 3.64. The Hall–Kier alpha value is -1.52. The molecule has 0 radical (unpaired) electrons. The largest absolute Gasteiger partial charge is 0.464 e. The minimum atomic E-state index is -1.42. The number of thioether (sulfide) groups is 1. The highest BCUT2D eigenvalue weighted by Crippen LogP contribution is 2.28. The van der Waals surface area contributed by atoms with Crippen LogP contribution in [0.2, 0.25) is 0 Å². The number of hydrogen-bond donors (Lipinski definition) is 1. The quantitative estimate of drug-likeness (QED) is 0.654. The molecular weight excluding hydrogens is 284 g/mol. The summed E-state index contributed by atoms with van der Waals surface area (Å²) in [5, 5.41) is 12.7. The van der Waals surface area contributed by atoms with Crippen LogP contribution < -0.4 is 0 Å². The average molecular weight is 304 g/mol. The Morgan fingerprint density at radius 3 is 2.57 bits per heavy atom. The summed E-state index contributed by atoms with van der Waals surface area (Å²) >= 11 is 1.47. The van der Waals surface area contributed by atoms with E-state index in [1.807, 2.05) is 24.3 Å². The van der Waals surface area contributed by atoms with Gasteiger partial charge in [0.1, 0.15) is 0 Å². The normalized spacial score (nSPS) is 13.9. The van der Waals surface area contributed by atoms with Crippen molar-refractivity contribution in [1.29, 1.82) is 0 Å². The lowest BCUT2D eigenvalue weighted by Crippen LogP contribution is -2.42. The van der Waals surface area contributed by atoms with Crippen LogP contribution in [0.3, 0.4) is 0 Å². The van der Waals surface area contributed by atoms with E-state index < -0.39 is 11.6 Å². The number of rotatable bonds is 6. The molecule has 0 bridgehead atoms. The van der Waals surface area contributed by atoms with Crippen LogP contribution in [0, 0.1) is 0 Å². The number of hydrogen-bond acceptors (Lipinski definition) is 4. The fourth-order valence-electron chi connectivity index (χ4n) is 2.03. The minimum Gasteiger partial charge on any atom is -0.464 e. The summed E-state index contributed by atoms with van der Waals surface area (Å²) in [6, 6.07) is 14.2. The maximum absolute atomic E-state index is 11.8. The number of carbonyl (C=O) groups is 1. The first-order valence-electron chi connectivity index (χ1n) is 7.10. The number of esters is 1. The maximum atomic E-state index is 11.8. The van der Waals surface area contributed by atoms with Gasteiger partial charge in [0.05, 0.1) is 6.61 Å². The van der Waals surface area contributed by atoms with Gasteiger partial charge in [0.25, 0.3) is 0 Å². The second-order valence-electron chi connectivity index (χ2n) is 4.90. The molecule has 0 unspecified atom stereocenters. The van der Waals surface area contributed by atoms with Crippen LogP contribution in [0.5, 0.6) is 0 Å². The molecule has 0 spiro atoms. The summed E-state index contributed by atoms with van der Waals surface area (Å²) in [5.41, 5.74) is -1.42. The fourth-order valence-corrected chi connectivity index (χ4v) is 3.13. The second kappa shape index (κ2) is 6.96. The summed E-state index contributed by atoms with van der Waals surface area (Å²) in [7, 11) is 0. The molecule has 0 saturated heterocycles.